The Morgan fingerprint density at radius 2 is 2.10 bits per heavy atom. The zero-order valence-electron chi connectivity index (χ0n) is 11.9. The fraction of sp³-hybridized carbons (Fsp3) is 0.333. The van der Waals surface area contributed by atoms with Gasteiger partial charge in [0, 0.05) is 17.7 Å². The first-order chi connectivity index (χ1) is 9.89. The predicted molar refractivity (Wildman–Crippen MR) is 76.1 cm³/mol. The summed E-state index contributed by atoms with van der Waals surface area (Å²) in [5, 5.41) is 2.65. The standard InChI is InChI=1S/C15H17FN2O3/c1-15(2)13(19)12-5-10(21-8-9(6-16)7-17)3-4-11(12)14(20)18-15/h3-6H,7-8,17H2,1-2H3,(H,18,20)/b9-6+. The van der Waals surface area contributed by atoms with E-state index in [9.17, 15) is 14.0 Å². The highest BCUT2D eigenvalue weighted by Gasteiger charge is 2.38. The normalized spacial score (nSPS) is 17.2. The summed E-state index contributed by atoms with van der Waals surface area (Å²) in [6.45, 7) is 3.33. The van der Waals surface area contributed by atoms with Gasteiger partial charge in [0.05, 0.1) is 17.4 Å². The largest absolute Gasteiger partial charge is 0.489 e. The van der Waals surface area contributed by atoms with Crippen LogP contribution in [0.3, 0.4) is 0 Å². The Morgan fingerprint density at radius 1 is 1.38 bits per heavy atom. The number of hydrogen-bond acceptors (Lipinski definition) is 4. The first kappa shape index (κ1) is 15.2. The Morgan fingerprint density at radius 3 is 2.71 bits per heavy atom. The summed E-state index contributed by atoms with van der Waals surface area (Å²) in [6.07, 6.45) is 0.403. The number of rotatable bonds is 4. The molecule has 1 heterocycles. The highest BCUT2D eigenvalue weighted by Crippen LogP contribution is 2.26. The smallest absolute Gasteiger partial charge is 0.252 e. The molecule has 0 bridgehead atoms. The molecule has 1 aliphatic rings. The summed E-state index contributed by atoms with van der Waals surface area (Å²) in [7, 11) is 0. The minimum Gasteiger partial charge on any atom is -0.489 e. The first-order valence-corrected chi connectivity index (χ1v) is 6.51. The minimum absolute atomic E-state index is 0.00440. The highest BCUT2D eigenvalue weighted by molar-refractivity contribution is 6.17. The van der Waals surface area contributed by atoms with Gasteiger partial charge in [-0.1, -0.05) is 0 Å². The van der Waals surface area contributed by atoms with E-state index in [1.54, 1.807) is 19.9 Å². The molecule has 1 aromatic rings. The van der Waals surface area contributed by atoms with Crippen LogP contribution in [0.15, 0.2) is 30.1 Å². The first-order valence-electron chi connectivity index (χ1n) is 6.51. The lowest BCUT2D eigenvalue weighted by molar-refractivity contribution is 0.0767. The molecular weight excluding hydrogens is 275 g/mol. The third-order valence-corrected chi connectivity index (χ3v) is 3.31. The SMILES string of the molecule is CC1(C)NC(=O)c2ccc(OC/C(=C/F)CN)cc2C1=O. The number of carbonyl (C=O) groups is 2. The molecule has 0 saturated carbocycles. The zero-order chi connectivity index (χ0) is 15.6. The van der Waals surface area contributed by atoms with E-state index in [0.717, 1.165) is 0 Å². The maximum Gasteiger partial charge on any atom is 0.252 e. The Kier molecular flexibility index (Phi) is 4.09. The molecule has 0 aliphatic carbocycles. The lowest BCUT2D eigenvalue weighted by atomic mass is 9.86. The molecule has 21 heavy (non-hydrogen) atoms. The second kappa shape index (κ2) is 5.65. The van der Waals surface area contributed by atoms with Gasteiger partial charge in [-0.2, -0.15) is 0 Å². The van der Waals surface area contributed by atoms with Gasteiger partial charge in [0.2, 0.25) is 0 Å². The van der Waals surface area contributed by atoms with Crippen LogP contribution in [0.25, 0.3) is 0 Å². The summed E-state index contributed by atoms with van der Waals surface area (Å²) >= 11 is 0. The monoisotopic (exact) mass is 292 g/mol. The van der Waals surface area contributed by atoms with Crippen molar-refractivity contribution in [2.75, 3.05) is 13.2 Å². The molecule has 112 valence electrons. The number of amides is 1. The van der Waals surface area contributed by atoms with Crippen LogP contribution < -0.4 is 15.8 Å². The van der Waals surface area contributed by atoms with Gasteiger partial charge in [0.25, 0.3) is 5.91 Å². The number of Topliss-reactive ketones (excluding diaryl/α,β-unsaturated/α-hetero) is 1. The number of ether oxygens (including phenoxy) is 1. The van der Waals surface area contributed by atoms with Crippen LogP contribution in [-0.2, 0) is 0 Å². The van der Waals surface area contributed by atoms with Crippen molar-refractivity contribution in [1.82, 2.24) is 5.32 Å². The second-order valence-corrected chi connectivity index (χ2v) is 5.38. The molecule has 0 saturated heterocycles. The lowest BCUT2D eigenvalue weighted by Gasteiger charge is -2.30. The maximum absolute atomic E-state index is 12.4. The molecule has 0 unspecified atom stereocenters. The van der Waals surface area contributed by atoms with Crippen LogP contribution >= 0.6 is 0 Å². The van der Waals surface area contributed by atoms with Gasteiger partial charge in [-0.3, -0.25) is 9.59 Å². The average molecular weight is 292 g/mol. The molecule has 2 rings (SSSR count). The summed E-state index contributed by atoms with van der Waals surface area (Å²) in [6, 6.07) is 4.59. The Hall–Kier alpha value is -2.21. The topological polar surface area (TPSA) is 81.4 Å². The number of benzene rings is 1. The van der Waals surface area contributed by atoms with Crippen molar-refractivity contribution in [1.29, 1.82) is 0 Å². The summed E-state index contributed by atoms with van der Waals surface area (Å²) in [5.74, 6) is -0.101. The molecule has 0 atom stereocenters. The van der Waals surface area contributed by atoms with E-state index in [1.165, 1.54) is 12.1 Å². The van der Waals surface area contributed by atoms with Crippen molar-refractivity contribution < 1.29 is 18.7 Å². The van der Waals surface area contributed by atoms with Crippen molar-refractivity contribution in [2.24, 2.45) is 5.73 Å². The minimum atomic E-state index is -0.954. The summed E-state index contributed by atoms with van der Waals surface area (Å²) in [5.41, 5.74) is 5.30. The van der Waals surface area contributed by atoms with E-state index in [2.05, 4.69) is 5.32 Å². The molecular formula is C15H17FN2O3. The van der Waals surface area contributed by atoms with Gasteiger partial charge in [0.15, 0.2) is 5.78 Å². The van der Waals surface area contributed by atoms with Gasteiger partial charge in [-0.25, -0.2) is 4.39 Å². The number of hydrogen-bond donors (Lipinski definition) is 2. The molecule has 0 fully saturated rings. The Labute approximate surface area is 122 Å². The Balaban J connectivity index is 2.28. The lowest BCUT2D eigenvalue weighted by Crippen LogP contribution is -2.53. The quantitative estimate of drug-likeness (QED) is 0.883. The number of carbonyl (C=O) groups excluding carboxylic acids is 2. The number of ketones is 1. The molecule has 3 N–H and O–H groups in total. The van der Waals surface area contributed by atoms with Crippen LogP contribution in [0.2, 0.25) is 0 Å². The molecule has 0 spiro atoms. The van der Waals surface area contributed by atoms with E-state index in [4.69, 9.17) is 10.5 Å². The molecule has 1 aliphatic heterocycles. The summed E-state index contributed by atoms with van der Waals surface area (Å²) < 4.78 is 17.8. The molecule has 1 aromatic carbocycles. The number of nitrogens with two attached hydrogens (primary N) is 1. The fourth-order valence-electron chi connectivity index (χ4n) is 2.05. The van der Waals surface area contributed by atoms with Gasteiger partial charge in [-0.15, -0.1) is 0 Å². The van der Waals surface area contributed by atoms with Crippen LogP contribution in [0.4, 0.5) is 4.39 Å². The predicted octanol–water partition coefficient (Wildman–Crippen LogP) is 1.58. The maximum atomic E-state index is 12.4. The van der Waals surface area contributed by atoms with Crippen molar-refractivity contribution in [2.45, 2.75) is 19.4 Å². The van der Waals surface area contributed by atoms with Crippen LogP contribution in [0.1, 0.15) is 34.6 Å². The van der Waals surface area contributed by atoms with Gasteiger partial charge >= 0.3 is 0 Å². The van der Waals surface area contributed by atoms with Crippen LogP contribution in [0.5, 0.6) is 5.75 Å². The van der Waals surface area contributed by atoms with Gasteiger partial charge in [-0.05, 0) is 32.0 Å². The highest BCUT2D eigenvalue weighted by atomic mass is 19.1. The number of nitrogens with one attached hydrogen (secondary N) is 1. The molecule has 1 amide bonds. The van der Waals surface area contributed by atoms with E-state index >= 15 is 0 Å². The van der Waals surface area contributed by atoms with Gasteiger partial charge in [0.1, 0.15) is 12.4 Å². The van der Waals surface area contributed by atoms with Crippen LogP contribution in [-0.4, -0.2) is 30.4 Å². The van der Waals surface area contributed by atoms with Gasteiger partial charge < -0.3 is 15.8 Å². The molecule has 0 radical (unpaired) electrons. The number of fused-ring (bicyclic) bond motifs is 1. The summed E-state index contributed by atoms with van der Waals surface area (Å²) in [4.78, 5) is 24.3. The van der Waals surface area contributed by atoms with Crippen molar-refractivity contribution >= 4 is 11.7 Å². The van der Waals surface area contributed by atoms with E-state index in [0.29, 0.717) is 28.8 Å². The molecule has 6 heteroatoms. The van der Waals surface area contributed by atoms with Crippen LogP contribution in [0, 0.1) is 0 Å². The molecule has 0 aromatic heterocycles. The third-order valence-electron chi connectivity index (χ3n) is 3.31. The number of halogens is 1. The van der Waals surface area contributed by atoms with E-state index in [1.807, 2.05) is 0 Å². The van der Waals surface area contributed by atoms with Crippen molar-refractivity contribution in [3.63, 3.8) is 0 Å². The molecule has 5 nitrogen and oxygen atoms in total. The average Bonchev–Trinajstić information content (AvgIpc) is 2.45. The second-order valence-electron chi connectivity index (χ2n) is 5.38. The van der Waals surface area contributed by atoms with E-state index < -0.39 is 5.54 Å². The fourth-order valence-corrected chi connectivity index (χ4v) is 2.05. The van der Waals surface area contributed by atoms with Crippen molar-refractivity contribution in [3.8, 4) is 5.75 Å². The Bertz CT molecular complexity index is 623. The third kappa shape index (κ3) is 2.95. The zero-order valence-corrected chi connectivity index (χ0v) is 11.9. The van der Waals surface area contributed by atoms with E-state index in [-0.39, 0.29) is 24.8 Å². The van der Waals surface area contributed by atoms with Crippen molar-refractivity contribution in [3.05, 3.63) is 41.2 Å².